The minimum atomic E-state index is -3.58. The highest BCUT2D eigenvalue weighted by molar-refractivity contribution is 7.89. The molecule has 0 unspecified atom stereocenters. The minimum absolute atomic E-state index is 0.148. The Bertz CT molecular complexity index is 1190. The van der Waals surface area contributed by atoms with Gasteiger partial charge in [0.1, 0.15) is 5.75 Å². The van der Waals surface area contributed by atoms with Crippen LogP contribution in [0.25, 0.3) is 10.2 Å². The highest BCUT2D eigenvalue weighted by Gasteiger charge is 2.21. The smallest absolute Gasteiger partial charge is 0.308 e. The fourth-order valence-electron chi connectivity index (χ4n) is 2.53. The number of nitrogens with zero attached hydrogens (tertiary/aromatic N) is 2. The summed E-state index contributed by atoms with van der Waals surface area (Å²) < 4.78 is 31.9. The Morgan fingerprint density at radius 3 is 2.62 bits per heavy atom. The van der Waals surface area contributed by atoms with Gasteiger partial charge in [-0.25, -0.2) is 17.7 Å². The van der Waals surface area contributed by atoms with Gasteiger partial charge in [-0.1, -0.05) is 30.4 Å². The van der Waals surface area contributed by atoms with Crippen molar-refractivity contribution in [2.24, 2.45) is 0 Å². The van der Waals surface area contributed by atoms with E-state index in [1.807, 2.05) is 0 Å². The van der Waals surface area contributed by atoms with Gasteiger partial charge in [0.05, 0.1) is 20.7 Å². The number of rotatable bonds is 6. The van der Waals surface area contributed by atoms with Gasteiger partial charge in [0.15, 0.2) is 5.13 Å². The lowest BCUT2D eigenvalue weighted by Gasteiger charge is -2.14. The third kappa shape index (κ3) is 4.44. The average Bonchev–Trinajstić information content (AvgIpc) is 3.08. The summed E-state index contributed by atoms with van der Waals surface area (Å²) in [4.78, 5) is 28.3. The van der Waals surface area contributed by atoms with Gasteiger partial charge in [-0.15, -0.1) is 0 Å². The van der Waals surface area contributed by atoms with Crippen LogP contribution >= 0.6 is 11.3 Å². The van der Waals surface area contributed by atoms with Gasteiger partial charge < -0.3 is 4.74 Å². The predicted octanol–water partition coefficient (Wildman–Crippen LogP) is 3.11. The van der Waals surface area contributed by atoms with E-state index in [4.69, 9.17) is 4.74 Å². The molecule has 0 aliphatic rings. The summed E-state index contributed by atoms with van der Waals surface area (Å²) >= 11 is 1.16. The van der Waals surface area contributed by atoms with E-state index in [1.54, 1.807) is 25.1 Å². The van der Waals surface area contributed by atoms with Gasteiger partial charge in [0.25, 0.3) is 5.91 Å². The zero-order valence-electron chi connectivity index (χ0n) is 16.0. The molecule has 0 bridgehead atoms. The topological polar surface area (TPSA) is 106 Å². The molecule has 29 heavy (non-hydrogen) atoms. The van der Waals surface area contributed by atoms with Crippen LogP contribution in [0, 0.1) is 0 Å². The molecule has 152 valence electrons. The molecule has 1 heterocycles. The highest BCUT2D eigenvalue weighted by atomic mass is 32.2. The van der Waals surface area contributed by atoms with Crippen LogP contribution in [0.2, 0.25) is 0 Å². The molecule has 1 aromatic heterocycles. The molecule has 0 atom stereocenters. The molecule has 1 N–H and O–H groups in total. The van der Waals surface area contributed by atoms with Crippen LogP contribution in [0.3, 0.4) is 0 Å². The highest BCUT2D eigenvalue weighted by Crippen LogP contribution is 2.30. The Balaban J connectivity index is 1.89. The third-order valence-corrected chi connectivity index (χ3v) is 6.98. The molecule has 8 nitrogen and oxygen atoms in total. The second-order valence-corrected chi connectivity index (χ2v) is 9.19. The van der Waals surface area contributed by atoms with E-state index in [2.05, 4.69) is 10.3 Å². The predicted molar refractivity (Wildman–Crippen MR) is 111 cm³/mol. The van der Waals surface area contributed by atoms with Crippen LogP contribution in [0.15, 0.2) is 47.4 Å². The van der Waals surface area contributed by atoms with Crippen molar-refractivity contribution in [3.63, 3.8) is 0 Å². The molecule has 0 aliphatic carbocycles. The number of anilines is 1. The number of aromatic nitrogens is 1. The number of carbonyl (C=O) groups excluding carboxylic acids is 2. The standard InChI is InChI=1S/C19H19N3O5S2/c1-4-22(3)29(25,26)13-9-10-15-17(11-13)28-19(20-15)21-18(24)14-7-5-6-8-16(14)27-12(2)23/h5-11H,4H2,1-3H3,(H,20,21,24). The monoisotopic (exact) mass is 433 g/mol. The van der Waals surface area contributed by atoms with Crippen molar-refractivity contribution in [1.29, 1.82) is 0 Å². The van der Waals surface area contributed by atoms with E-state index in [9.17, 15) is 18.0 Å². The SMILES string of the molecule is CCN(C)S(=O)(=O)c1ccc2nc(NC(=O)c3ccccc3OC(C)=O)sc2c1. The number of hydrogen-bond acceptors (Lipinski definition) is 7. The first-order valence-electron chi connectivity index (χ1n) is 8.68. The fourth-order valence-corrected chi connectivity index (χ4v) is 4.71. The number of carbonyl (C=O) groups is 2. The van der Waals surface area contributed by atoms with Crippen molar-refractivity contribution in [3.8, 4) is 5.75 Å². The Kier molecular flexibility index (Phi) is 5.96. The summed E-state index contributed by atoms with van der Waals surface area (Å²) in [5.41, 5.74) is 0.756. The number of hydrogen-bond donors (Lipinski definition) is 1. The van der Waals surface area contributed by atoms with Gasteiger partial charge in [-0.2, -0.15) is 0 Å². The van der Waals surface area contributed by atoms with Crippen LogP contribution in [-0.4, -0.2) is 43.2 Å². The molecule has 0 aliphatic heterocycles. The second kappa shape index (κ2) is 8.27. The lowest BCUT2D eigenvalue weighted by atomic mass is 10.2. The normalized spacial score (nSPS) is 11.6. The van der Waals surface area contributed by atoms with Crippen LogP contribution in [0.1, 0.15) is 24.2 Å². The molecule has 2 aromatic carbocycles. The molecule has 3 aromatic rings. The molecule has 0 radical (unpaired) electrons. The fraction of sp³-hybridized carbons (Fsp3) is 0.211. The number of nitrogens with one attached hydrogen (secondary N) is 1. The first-order valence-corrected chi connectivity index (χ1v) is 10.9. The zero-order chi connectivity index (χ0) is 21.2. The molecule has 0 saturated carbocycles. The van der Waals surface area contributed by atoms with E-state index in [0.29, 0.717) is 21.9 Å². The summed E-state index contributed by atoms with van der Waals surface area (Å²) in [5.74, 6) is -0.870. The number of amides is 1. The Morgan fingerprint density at radius 2 is 1.93 bits per heavy atom. The Labute approximate surface area is 172 Å². The van der Waals surface area contributed by atoms with E-state index < -0.39 is 21.9 Å². The van der Waals surface area contributed by atoms with E-state index in [-0.39, 0.29) is 16.2 Å². The maximum absolute atomic E-state index is 12.6. The van der Waals surface area contributed by atoms with Crippen LogP contribution in [-0.2, 0) is 14.8 Å². The lowest BCUT2D eigenvalue weighted by Crippen LogP contribution is -2.26. The quantitative estimate of drug-likeness (QED) is 0.473. The number of benzene rings is 2. The van der Waals surface area contributed by atoms with Gasteiger partial charge in [-0.05, 0) is 30.3 Å². The average molecular weight is 434 g/mol. The second-order valence-electron chi connectivity index (χ2n) is 6.11. The van der Waals surface area contributed by atoms with E-state index >= 15 is 0 Å². The maximum atomic E-state index is 12.6. The number of thiazole rings is 1. The Morgan fingerprint density at radius 1 is 1.21 bits per heavy atom. The van der Waals surface area contributed by atoms with Crippen LogP contribution in [0.5, 0.6) is 5.75 Å². The summed E-state index contributed by atoms with van der Waals surface area (Å²) in [6.45, 7) is 3.36. The maximum Gasteiger partial charge on any atom is 0.308 e. The molecule has 0 saturated heterocycles. The third-order valence-electron chi connectivity index (χ3n) is 4.12. The summed E-state index contributed by atoms with van der Waals surface area (Å²) in [6, 6.07) is 11.0. The van der Waals surface area contributed by atoms with Crippen molar-refractivity contribution in [1.82, 2.24) is 9.29 Å². The summed E-state index contributed by atoms with van der Waals surface area (Å²) in [7, 11) is -2.07. The van der Waals surface area contributed by atoms with Gasteiger partial charge in [-0.3, -0.25) is 14.9 Å². The van der Waals surface area contributed by atoms with Crippen LogP contribution < -0.4 is 10.1 Å². The van der Waals surface area contributed by atoms with Crippen LogP contribution in [0.4, 0.5) is 5.13 Å². The lowest BCUT2D eigenvalue weighted by molar-refractivity contribution is -0.131. The van der Waals surface area contributed by atoms with Gasteiger partial charge in [0, 0.05) is 20.5 Å². The molecule has 0 fully saturated rings. The molecule has 0 spiro atoms. The Hall–Kier alpha value is -2.82. The van der Waals surface area contributed by atoms with Crippen molar-refractivity contribution in [2.75, 3.05) is 18.9 Å². The molecule has 3 rings (SSSR count). The van der Waals surface area contributed by atoms with Gasteiger partial charge >= 0.3 is 5.97 Å². The number of fused-ring (bicyclic) bond motifs is 1. The number of esters is 1. The summed E-state index contributed by atoms with van der Waals surface area (Å²) in [6.07, 6.45) is 0. The van der Waals surface area contributed by atoms with E-state index in [0.717, 1.165) is 11.3 Å². The molecular weight excluding hydrogens is 414 g/mol. The first kappa shape index (κ1) is 20.9. The van der Waals surface area contributed by atoms with Crippen molar-refractivity contribution in [3.05, 3.63) is 48.0 Å². The summed E-state index contributed by atoms with van der Waals surface area (Å²) in [5, 5.41) is 2.98. The van der Waals surface area contributed by atoms with E-state index in [1.165, 1.54) is 42.5 Å². The van der Waals surface area contributed by atoms with Crippen molar-refractivity contribution >= 4 is 48.6 Å². The first-order chi connectivity index (χ1) is 13.7. The molecule has 10 heteroatoms. The van der Waals surface area contributed by atoms with Crippen molar-refractivity contribution < 1.29 is 22.7 Å². The largest absolute Gasteiger partial charge is 0.426 e. The van der Waals surface area contributed by atoms with Crippen molar-refractivity contribution in [2.45, 2.75) is 18.7 Å². The zero-order valence-corrected chi connectivity index (χ0v) is 17.6. The van der Waals surface area contributed by atoms with Gasteiger partial charge in [0.2, 0.25) is 10.0 Å². The molecule has 1 amide bonds. The number of ether oxygens (including phenoxy) is 1. The molecular formula is C19H19N3O5S2. The minimum Gasteiger partial charge on any atom is -0.426 e. The number of sulfonamides is 1. The number of para-hydroxylation sites is 1.